The van der Waals surface area contributed by atoms with E-state index >= 15 is 0 Å². The topological polar surface area (TPSA) is 127 Å². The monoisotopic (exact) mass is 476 g/mol. The van der Waals surface area contributed by atoms with E-state index in [-0.39, 0.29) is 26.7 Å². The number of fused-ring (bicyclic) bond motifs is 1. The summed E-state index contributed by atoms with van der Waals surface area (Å²) < 4.78 is 69.6. The number of benzene rings is 3. The van der Waals surface area contributed by atoms with Crippen LogP contribution in [0.15, 0.2) is 76.5 Å². The second-order valence-corrected chi connectivity index (χ2v) is 10.2. The van der Waals surface area contributed by atoms with Gasteiger partial charge in [0, 0.05) is 0 Å². The van der Waals surface area contributed by atoms with Crippen molar-refractivity contribution in [3.63, 3.8) is 0 Å². The summed E-state index contributed by atoms with van der Waals surface area (Å²) in [5, 5.41) is 0. The van der Waals surface area contributed by atoms with Gasteiger partial charge >= 0.3 is 0 Å². The number of aromatic nitrogens is 2. The molecule has 0 radical (unpaired) electrons. The number of anilines is 2. The van der Waals surface area contributed by atoms with Gasteiger partial charge in [0.1, 0.15) is 21.7 Å². The van der Waals surface area contributed by atoms with Crippen molar-refractivity contribution >= 4 is 54.2 Å². The molecule has 4 aromatic rings. The van der Waals surface area contributed by atoms with Crippen LogP contribution < -0.4 is 14.2 Å². The van der Waals surface area contributed by atoms with Crippen molar-refractivity contribution < 1.29 is 21.6 Å². The van der Waals surface area contributed by atoms with Crippen LogP contribution in [0.1, 0.15) is 0 Å². The standard InChI is InChI=1S/C19H16N4O5S3/c1-28-17-10-3-2-8-15(17)23-30(24,25)14-7-4-6-13(12-14)22-31(26,27)18-11-5-9-16-19(18)21-29-20-16/h2-12,22-23H,1H3. The number of para-hydroxylation sites is 2. The molecule has 0 atom stereocenters. The highest BCUT2D eigenvalue weighted by molar-refractivity contribution is 7.93. The van der Waals surface area contributed by atoms with E-state index in [1.54, 1.807) is 36.4 Å². The smallest absolute Gasteiger partial charge is 0.264 e. The molecule has 160 valence electrons. The van der Waals surface area contributed by atoms with Gasteiger partial charge in [0.25, 0.3) is 20.0 Å². The van der Waals surface area contributed by atoms with Crippen molar-refractivity contribution in [3.8, 4) is 5.75 Å². The summed E-state index contributed by atoms with van der Waals surface area (Å²) in [6.45, 7) is 0. The number of methoxy groups -OCH3 is 1. The zero-order valence-corrected chi connectivity index (χ0v) is 18.5. The first-order valence-electron chi connectivity index (χ1n) is 8.80. The summed E-state index contributed by atoms with van der Waals surface area (Å²) in [5.41, 5.74) is 1.06. The minimum atomic E-state index is -4.02. The van der Waals surface area contributed by atoms with E-state index < -0.39 is 20.0 Å². The molecule has 0 bridgehead atoms. The Hall–Kier alpha value is -3.22. The molecule has 0 unspecified atom stereocenters. The van der Waals surface area contributed by atoms with Crippen LogP contribution in [0, 0.1) is 0 Å². The first-order chi connectivity index (χ1) is 14.8. The number of sulfonamides is 2. The first kappa shape index (κ1) is 21.0. The number of rotatable bonds is 7. The molecule has 0 fully saturated rings. The van der Waals surface area contributed by atoms with Crippen molar-refractivity contribution in [3.05, 3.63) is 66.7 Å². The van der Waals surface area contributed by atoms with E-state index in [0.717, 1.165) is 11.7 Å². The molecule has 3 aromatic carbocycles. The molecule has 0 saturated carbocycles. The summed E-state index contributed by atoms with van der Waals surface area (Å²) >= 11 is 0.909. The molecule has 0 spiro atoms. The molecule has 0 aliphatic heterocycles. The Morgan fingerprint density at radius 2 is 1.61 bits per heavy atom. The predicted molar refractivity (Wildman–Crippen MR) is 118 cm³/mol. The molecule has 12 heteroatoms. The molecule has 9 nitrogen and oxygen atoms in total. The molecule has 31 heavy (non-hydrogen) atoms. The summed E-state index contributed by atoms with van der Waals surface area (Å²) in [7, 11) is -6.59. The molecule has 0 aliphatic carbocycles. The second kappa shape index (κ2) is 8.13. The van der Waals surface area contributed by atoms with Gasteiger partial charge in [0.05, 0.1) is 35.1 Å². The third-order valence-electron chi connectivity index (χ3n) is 4.29. The lowest BCUT2D eigenvalue weighted by atomic mass is 10.3. The minimum absolute atomic E-state index is 0.0424. The molecule has 0 amide bonds. The van der Waals surface area contributed by atoms with Crippen LogP contribution in [0.5, 0.6) is 5.75 Å². The van der Waals surface area contributed by atoms with Gasteiger partial charge in [-0.15, -0.1) is 0 Å². The predicted octanol–water partition coefficient (Wildman–Crippen LogP) is 3.30. The van der Waals surface area contributed by atoms with E-state index in [1.807, 2.05) is 0 Å². The fourth-order valence-electron chi connectivity index (χ4n) is 2.87. The number of hydrogen-bond donors (Lipinski definition) is 2. The van der Waals surface area contributed by atoms with Gasteiger partial charge < -0.3 is 4.74 Å². The van der Waals surface area contributed by atoms with E-state index in [9.17, 15) is 16.8 Å². The highest BCUT2D eigenvalue weighted by atomic mass is 32.2. The molecule has 0 aliphatic rings. The Morgan fingerprint density at radius 1 is 0.839 bits per heavy atom. The molecular formula is C19H16N4O5S3. The van der Waals surface area contributed by atoms with Crippen molar-refractivity contribution in [1.82, 2.24) is 8.75 Å². The van der Waals surface area contributed by atoms with Crippen molar-refractivity contribution in [2.75, 3.05) is 16.6 Å². The lowest BCUT2D eigenvalue weighted by Crippen LogP contribution is -2.16. The number of nitrogens with zero attached hydrogens (tertiary/aromatic N) is 2. The number of ether oxygens (including phenoxy) is 1. The van der Waals surface area contributed by atoms with Gasteiger partial charge in [0.2, 0.25) is 0 Å². The number of nitrogens with one attached hydrogen (secondary N) is 2. The maximum atomic E-state index is 12.9. The second-order valence-electron chi connectivity index (χ2n) is 6.33. The average Bonchev–Trinajstić information content (AvgIpc) is 3.22. The third kappa shape index (κ3) is 4.31. The van der Waals surface area contributed by atoms with Gasteiger partial charge in [0.15, 0.2) is 0 Å². The van der Waals surface area contributed by atoms with E-state index in [2.05, 4.69) is 18.2 Å². The zero-order chi connectivity index (χ0) is 22.1. The van der Waals surface area contributed by atoms with Gasteiger partial charge in [-0.3, -0.25) is 9.44 Å². The average molecular weight is 477 g/mol. The molecule has 1 aromatic heterocycles. The molecule has 4 rings (SSSR count). The van der Waals surface area contributed by atoms with E-state index in [1.165, 1.54) is 37.4 Å². The van der Waals surface area contributed by atoms with Crippen LogP contribution in [-0.2, 0) is 20.0 Å². The lowest BCUT2D eigenvalue weighted by Gasteiger charge is -2.13. The van der Waals surface area contributed by atoms with Gasteiger partial charge in [-0.1, -0.05) is 24.3 Å². The van der Waals surface area contributed by atoms with Crippen LogP contribution in [0.2, 0.25) is 0 Å². The molecule has 2 N–H and O–H groups in total. The largest absolute Gasteiger partial charge is 0.495 e. The molecule has 1 heterocycles. The maximum absolute atomic E-state index is 12.9. The van der Waals surface area contributed by atoms with Crippen LogP contribution in [-0.4, -0.2) is 32.7 Å². The highest BCUT2D eigenvalue weighted by Crippen LogP contribution is 2.28. The normalized spacial score (nSPS) is 11.9. The Labute approximate surface area is 183 Å². The lowest BCUT2D eigenvalue weighted by molar-refractivity contribution is 0.417. The van der Waals surface area contributed by atoms with Crippen LogP contribution in [0.4, 0.5) is 11.4 Å². The van der Waals surface area contributed by atoms with Gasteiger partial charge in [-0.25, -0.2) is 16.8 Å². The Kier molecular flexibility index (Phi) is 5.52. The summed E-state index contributed by atoms with van der Waals surface area (Å²) in [6.07, 6.45) is 0. The summed E-state index contributed by atoms with van der Waals surface area (Å²) in [5.74, 6) is 0.355. The molecular weight excluding hydrogens is 460 g/mol. The molecule has 0 saturated heterocycles. The third-order valence-corrected chi connectivity index (χ3v) is 7.60. The van der Waals surface area contributed by atoms with E-state index in [0.29, 0.717) is 11.3 Å². The zero-order valence-electron chi connectivity index (χ0n) is 16.0. The Balaban J connectivity index is 1.64. The summed E-state index contributed by atoms with van der Waals surface area (Å²) in [4.78, 5) is -0.161. The number of hydrogen-bond acceptors (Lipinski definition) is 8. The van der Waals surface area contributed by atoms with Gasteiger partial charge in [-0.2, -0.15) is 8.75 Å². The minimum Gasteiger partial charge on any atom is -0.495 e. The van der Waals surface area contributed by atoms with Crippen LogP contribution in [0.25, 0.3) is 11.0 Å². The summed E-state index contributed by atoms with van der Waals surface area (Å²) in [6, 6.07) is 16.7. The quantitative estimate of drug-likeness (QED) is 0.419. The van der Waals surface area contributed by atoms with Crippen molar-refractivity contribution in [2.45, 2.75) is 9.79 Å². The first-order valence-corrected chi connectivity index (χ1v) is 12.5. The Bertz CT molecular complexity index is 1470. The fraction of sp³-hybridized carbons (Fsp3) is 0.0526. The fourth-order valence-corrected chi connectivity index (χ4v) is 5.80. The van der Waals surface area contributed by atoms with Crippen LogP contribution in [0.3, 0.4) is 0 Å². The van der Waals surface area contributed by atoms with Gasteiger partial charge in [-0.05, 0) is 42.5 Å². The van der Waals surface area contributed by atoms with Crippen molar-refractivity contribution in [2.24, 2.45) is 0 Å². The Morgan fingerprint density at radius 3 is 2.42 bits per heavy atom. The van der Waals surface area contributed by atoms with Crippen LogP contribution >= 0.6 is 11.7 Å². The SMILES string of the molecule is COc1ccccc1NS(=O)(=O)c1cccc(NS(=O)(=O)c2cccc3nsnc23)c1. The highest BCUT2D eigenvalue weighted by Gasteiger charge is 2.21. The van der Waals surface area contributed by atoms with E-state index in [4.69, 9.17) is 4.74 Å². The maximum Gasteiger partial charge on any atom is 0.264 e. The van der Waals surface area contributed by atoms with Crippen molar-refractivity contribution in [1.29, 1.82) is 0 Å².